The fourth-order valence-corrected chi connectivity index (χ4v) is 1.60. The Hall–Kier alpha value is -0.900. The van der Waals surface area contributed by atoms with Crippen LogP contribution in [0, 0.1) is 0 Å². The Morgan fingerprint density at radius 3 is 2.59 bits per heavy atom. The molecule has 0 aliphatic rings. The zero-order valence-electron chi connectivity index (χ0n) is 10.5. The Morgan fingerprint density at radius 2 is 1.82 bits per heavy atom. The molecule has 3 heteroatoms. The van der Waals surface area contributed by atoms with Crippen LogP contribution in [0.5, 0.6) is 0 Å². The van der Waals surface area contributed by atoms with Crippen molar-refractivity contribution in [3.63, 3.8) is 0 Å². The van der Waals surface area contributed by atoms with Crippen molar-refractivity contribution in [3.8, 4) is 0 Å². The molecular formula is C14H24N2O. The third-order valence-corrected chi connectivity index (χ3v) is 2.59. The molecule has 0 heterocycles. The minimum Gasteiger partial charge on any atom is -0.375 e. The van der Waals surface area contributed by atoms with Gasteiger partial charge in [0.25, 0.3) is 0 Å². The van der Waals surface area contributed by atoms with Crippen molar-refractivity contribution in [3.05, 3.63) is 35.9 Å². The topological polar surface area (TPSA) is 47.3 Å². The van der Waals surface area contributed by atoms with E-state index in [1.54, 1.807) is 0 Å². The van der Waals surface area contributed by atoms with E-state index in [1.165, 1.54) is 18.4 Å². The van der Waals surface area contributed by atoms with Gasteiger partial charge in [-0.15, -0.1) is 0 Å². The van der Waals surface area contributed by atoms with Gasteiger partial charge in [0.1, 0.15) is 0 Å². The molecule has 0 aliphatic heterocycles. The summed E-state index contributed by atoms with van der Waals surface area (Å²) in [5.74, 6) is 0. The van der Waals surface area contributed by atoms with Gasteiger partial charge in [0, 0.05) is 6.54 Å². The number of benzene rings is 1. The monoisotopic (exact) mass is 236 g/mol. The van der Waals surface area contributed by atoms with E-state index in [1.807, 2.05) is 18.2 Å². The summed E-state index contributed by atoms with van der Waals surface area (Å²) in [4.78, 5) is 0. The lowest BCUT2D eigenvalue weighted by Crippen LogP contribution is -2.21. The predicted octanol–water partition coefficient (Wildman–Crippen LogP) is 1.92. The highest BCUT2D eigenvalue weighted by atomic mass is 16.5. The Kier molecular flexibility index (Phi) is 8.55. The van der Waals surface area contributed by atoms with E-state index in [9.17, 15) is 0 Å². The largest absolute Gasteiger partial charge is 0.375 e. The van der Waals surface area contributed by atoms with Crippen LogP contribution >= 0.6 is 0 Å². The lowest BCUT2D eigenvalue weighted by Gasteiger charge is -2.06. The van der Waals surface area contributed by atoms with Gasteiger partial charge >= 0.3 is 0 Å². The Morgan fingerprint density at radius 1 is 1.00 bits per heavy atom. The van der Waals surface area contributed by atoms with E-state index in [-0.39, 0.29) is 0 Å². The Labute approximate surface area is 104 Å². The smallest absolute Gasteiger partial charge is 0.0717 e. The van der Waals surface area contributed by atoms with E-state index in [4.69, 9.17) is 10.5 Å². The summed E-state index contributed by atoms with van der Waals surface area (Å²) in [6.07, 6.45) is 3.55. The van der Waals surface area contributed by atoms with E-state index < -0.39 is 0 Å². The summed E-state index contributed by atoms with van der Waals surface area (Å²) in [7, 11) is 0. The predicted molar refractivity (Wildman–Crippen MR) is 71.9 cm³/mol. The van der Waals surface area contributed by atoms with E-state index in [0.29, 0.717) is 6.61 Å². The number of nitrogens with one attached hydrogen (secondary N) is 1. The first-order chi connectivity index (χ1) is 8.43. The summed E-state index contributed by atoms with van der Waals surface area (Å²) in [5, 5.41) is 3.36. The molecule has 0 unspecified atom stereocenters. The maximum atomic E-state index is 5.56. The Balaban J connectivity index is 1.85. The van der Waals surface area contributed by atoms with E-state index >= 15 is 0 Å². The third-order valence-electron chi connectivity index (χ3n) is 2.59. The van der Waals surface area contributed by atoms with Gasteiger partial charge in [-0.2, -0.15) is 0 Å². The molecule has 17 heavy (non-hydrogen) atoms. The standard InChI is InChI=1S/C14H24N2O/c15-9-5-2-6-10-16-11-12-17-13-14-7-3-1-4-8-14/h1,3-4,7-8,16H,2,5-6,9-13,15H2. The molecule has 0 saturated heterocycles. The van der Waals surface area contributed by atoms with Gasteiger partial charge in [-0.05, 0) is 31.5 Å². The summed E-state index contributed by atoms with van der Waals surface area (Å²) in [5.41, 5.74) is 6.66. The fraction of sp³-hybridized carbons (Fsp3) is 0.571. The normalized spacial score (nSPS) is 10.6. The molecule has 96 valence electrons. The number of nitrogens with two attached hydrogens (primary N) is 1. The minimum absolute atomic E-state index is 0.704. The highest BCUT2D eigenvalue weighted by Crippen LogP contribution is 1.99. The molecule has 0 aliphatic carbocycles. The second-order valence-corrected chi connectivity index (χ2v) is 4.14. The molecule has 3 N–H and O–H groups in total. The van der Waals surface area contributed by atoms with Crippen LogP contribution in [0.15, 0.2) is 30.3 Å². The number of rotatable bonds is 10. The van der Waals surface area contributed by atoms with Crippen LogP contribution < -0.4 is 11.1 Å². The molecule has 0 saturated carbocycles. The molecule has 0 bridgehead atoms. The number of unbranched alkanes of at least 4 members (excludes halogenated alkanes) is 2. The van der Waals surface area contributed by atoms with Gasteiger partial charge in [0.2, 0.25) is 0 Å². The zero-order chi connectivity index (χ0) is 12.2. The van der Waals surface area contributed by atoms with Gasteiger partial charge in [-0.25, -0.2) is 0 Å². The second-order valence-electron chi connectivity index (χ2n) is 4.14. The van der Waals surface area contributed by atoms with Crippen LogP contribution in [-0.4, -0.2) is 26.2 Å². The SMILES string of the molecule is NCCCCCNCCOCc1ccccc1. The second kappa shape index (κ2) is 10.3. The maximum Gasteiger partial charge on any atom is 0.0717 e. The van der Waals surface area contributed by atoms with Crippen molar-refractivity contribution >= 4 is 0 Å². The molecule has 3 nitrogen and oxygen atoms in total. The quantitative estimate of drug-likeness (QED) is 0.610. The van der Waals surface area contributed by atoms with E-state index in [2.05, 4.69) is 17.4 Å². The average molecular weight is 236 g/mol. The van der Waals surface area contributed by atoms with Gasteiger partial charge < -0.3 is 15.8 Å². The van der Waals surface area contributed by atoms with Gasteiger partial charge in [-0.3, -0.25) is 0 Å². The van der Waals surface area contributed by atoms with E-state index in [0.717, 1.165) is 32.7 Å². The highest BCUT2D eigenvalue weighted by Gasteiger charge is 1.92. The van der Waals surface area contributed by atoms with Crippen LogP contribution in [0.2, 0.25) is 0 Å². The van der Waals surface area contributed by atoms with Crippen LogP contribution in [0.25, 0.3) is 0 Å². The molecule has 0 amide bonds. The lowest BCUT2D eigenvalue weighted by atomic mass is 10.2. The lowest BCUT2D eigenvalue weighted by molar-refractivity contribution is 0.123. The molecule has 1 rings (SSSR count). The molecular weight excluding hydrogens is 212 g/mol. The van der Waals surface area contributed by atoms with Crippen LogP contribution in [0.4, 0.5) is 0 Å². The summed E-state index contributed by atoms with van der Waals surface area (Å²) >= 11 is 0. The van der Waals surface area contributed by atoms with Crippen molar-refractivity contribution in [2.24, 2.45) is 5.73 Å². The number of hydrogen-bond acceptors (Lipinski definition) is 3. The third kappa shape index (κ3) is 7.91. The first-order valence-corrected chi connectivity index (χ1v) is 6.46. The molecule has 1 aromatic carbocycles. The first-order valence-electron chi connectivity index (χ1n) is 6.46. The minimum atomic E-state index is 0.704. The van der Waals surface area contributed by atoms with Gasteiger partial charge in [0.05, 0.1) is 13.2 Å². The summed E-state index contributed by atoms with van der Waals surface area (Å²) in [6, 6.07) is 10.3. The molecule has 1 aromatic rings. The van der Waals surface area contributed by atoms with Crippen molar-refractivity contribution < 1.29 is 4.74 Å². The Bertz CT molecular complexity index is 264. The van der Waals surface area contributed by atoms with Gasteiger partial charge in [-0.1, -0.05) is 36.8 Å². The van der Waals surface area contributed by atoms with Crippen LogP contribution in [-0.2, 0) is 11.3 Å². The molecule has 0 radical (unpaired) electrons. The van der Waals surface area contributed by atoms with Gasteiger partial charge in [0.15, 0.2) is 0 Å². The van der Waals surface area contributed by atoms with Crippen molar-refractivity contribution in [2.45, 2.75) is 25.9 Å². The summed E-state index contributed by atoms with van der Waals surface area (Å²) in [6.45, 7) is 4.27. The maximum absolute atomic E-state index is 5.56. The highest BCUT2D eigenvalue weighted by molar-refractivity contribution is 5.13. The molecule has 0 fully saturated rings. The first kappa shape index (κ1) is 14.2. The average Bonchev–Trinajstić information content (AvgIpc) is 2.38. The van der Waals surface area contributed by atoms with Crippen molar-refractivity contribution in [1.82, 2.24) is 5.32 Å². The molecule has 0 spiro atoms. The zero-order valence-corrected chi connectivity index (χ0v) is 10.5. The van der Waals surface area contributed by atoms with Crippen molar-refractivity contribution in [2.75, 3.05) is 26.2 Å². The van der Waals surface area contributed by atoms with Crippen molar-refractivity contribution in [1.29, 1.82) is 0 Å². The molecule has 0 aromatic heterocycles. The van der Waals surface area contributed by atoms with Crippen LogP contribution in [0.3, 0.4) is 0 Å². The van der Waals surface area contributed by atoms with Crippen LogP contribution in [0.1, 0.15) is 24.8 Å². The number of ether oxygens (including phenoxy) is 1. The number of hydrogen-bond donors (Lipinski definition) is 2. The summed E-state index contributed by atoms with van der Waals surface area (Å²) < 4.78 is 5.56. The molecule has 0 atom stereocenters. The fourth-order valence-electron chi connectivity index (χ4n) is 1.60.